The van der Waals surface area contributed by atoms with E-state index in [4.69, 9.17) is 33.0 Å². The van der Waals surface area contributed by atoms with E-state index in [1.807, 2.05) is 30.3 Å². The molecule has 0 radical (unpaired) electrons. The molecule has 0 saturated heterocycles. The molecule has 1 aromatic heterocycles. The van der Waals surface area contributed by atoms with E-state index in [1.54, 1.807) is 25.1 Å². The first-order chi connectivity index (χ1) is 14.8. The van der Waals surface area contributed by atoms with E-state index in [9.17, 15) is 9.59 Å². The number of carbonyl (C=O) groups is 2. The van der Waals surface area contributed by atoms with Gasteiger partial charge in [0.25, 0.3) is 5.91 Å². The van der Waals surface area contributed by atoms with Crippen LogP contribution in [0, 0.1) is 5.92 Å². The molecule has 4 rings (SSSR count). The Labute approximate surface area is 189 Å². The molecule has 0 spiro atoms. The number of ether oxygens (including phenoxy) is 1. The van der Waals surface area contributed by atoms with Crippen molar-refractivity contribution < 1.29 is 19.4 Å². The quantitative estimate of drug-likeness (QED) is 0.509. The summed E-state index contributed by atoms with van der Waals surface area (Å²) in [6.07, 6.45) is 0.136. The topological polar surface area (TPSA) is 88.5 Å². The minimum atomic E-state index is -0.826. The van der Waals surface area contributed by atoms with Gasteiger partial charge in [-0.05, 0) is 49.6 Å². The molecule has 2 N–H and O–H groups in total. The fourth-order valence-corrected chi connectivity index (χ4v) is 4.10. The Morgan fingerprint density at radius 1 is 1.13 bits per heavy atom. The van der Waals surface area contributed by atoms with Gasteiger partial charge in [0, 0.05) is 28.1 Å². The van der Waals surface area contributed by atoms with Gasteiger partial charge in [-0.3, -0.25) is 9.59 Å². The smallest absolute Gasteiger partial charge is 0.306 e. The highest BCUT2D eigenvalue weighted by molar-refractivity contribution is 6.34. The summed E-state index contributed by atoms with van der Waals surface area (Å²) in [5.41, 5.74) is 2.33. The Morgan fingerprint density at radius 2 is 1.87 bits per heavy atom. The van der Waals surface area contributed by atoms with Crippen molar-refractivity contribution in [2.24, 2.45) is 5.92 Å². The number of fused-ring (bicyclic) bond motifs is 1. The molecule has 1 atom stereocenters. The maximum Gasteiger partial charge on any atom is 0.306 e. The molecule has 1 heterocycles. The lowest BCUT2D eigenvalue weighted by Gasteiger charge is -2.33. The minimum Gasteiger partial charge on any atom is -0.481 e. The molecule has 1 fully saturated rings. The van der Waals surface area contributed by atoms with Crippen LogP contribution in [-0.2, 0) is 9.59 Å². The predicted octanol–water partition coefficient (Wildman–Crippen LogP) is 4.96. The fraction of sp³-hybridized carbons (Fsp3) is 0.261. The summed E-state index contributed by atoms with van der Waals surface area (Å²) in [4.78, 5) is 27.7. The monoisotopic (exact) mass is 458 g/mol. The molecule has 31 heavy (non-hydrogen) atoms. The highest BCUT2D eigenvalue weighted by Crippen LogP contribution is 2.36. The van der Waals surface area contributed by atoms with E-state index in [-0.39, 0.29) is 17.9 Å². The number of hydrogen-bond acceptors (Lipinski definition) is 4. The summed E-state index contributed by atoms with van der Waals surface area (Å²) >= 11 is 12.6. The molecular formula is C23H20Cl2N2O4. The van der Waals surface area contributed by atoms with E-state index in [0.717, 1.165) is 16.5 Å². The SMILES string of the molecule is CC(Oc1ccc2c(-c3ccccc3Cl)cc(Cl)nc2c1)C(=O)NC1CC(C(=O)O)C1. The van der Waals surface area contributed by atoms with Gasteiger partial charge in [0.1, 0.15) is 10.9 Å². The number of carbonyl (C=O) groups excluding carboxylic acids is 1. The Kier molecular flexibility index (Phi) is 6.03. The number of aliphatic carboxylic acids is 1. The van der Waals surface area contributed by atoms with Gasteiger partial charge in [0.2, 0.25) is 0 Å². The molecule has 160 valence electrons. The summed E-state index contributed by atoms with van der Waals surface area (Å²) in [5, 5.41) is 13.6. The lowest BCUT2D eigenvalue weighted by Crippen LogP contribution is -2.50. The van der Waals surface area contributed by atoms with Gasteiger partial charge < -0.3 is 15.2 Å². The summed E-state index contributed by atoms with van der Waals surface area (Å²) in [6, 6.07) is 14.5. The van der Waals surface area contributed by atoms with Crippen LogP contribution < -0.4 is 10.1 Å². The lowest BCUT2D eigenvalue weighted by molar-refractivity contribution is -0.146. The van der Waals surface area contributed by atoms with Crippen molar-refractivity contribution in [2.45, 2.75) is 31.9 Å². The second-order valence-electron chi connectivity index (χ2n) is 7.62. The number of benzene rings is 2. The summed E-state index contributed by atoms with van der Waals surface area (Å²) in [7, 11) is 0. The first-order valence-corrected chi connectivity index (χ1v) is 10.6. The van der Waals surface area contributed by atoms with Crippen LogP contribution in [0.25, 0.3) is 22.0 Å². The number of carboxylic acid groups (broad SMARTS) is 1. The molecule has 1 saturated carbocycles. The standard InChI is InChI=1S/C23H20Cl2N2O4/c1-12(22(28)26-14-8-13(9-14)23(29)30)31-15-6-7-17-18(11-21(25)27-20(17)10-15)16-4-2-3-5-19(16)24/h2-7,10-14H,8-9H2,1H3,(H,26,28)(H,29,30). The maximum atomic E-state index is 12.4. The first kappa shape index (κ1) is 21.4. The highest BCUT2D eigenvalue weighted by atomic mass is 35.5. The lowest BCUT2D eigenvalue weighted by atomic mass is 9.80. The largest absolute Gasteiger partial charge is 0.481 e. The van der Waals surface area contributed by atoms with Crippen LogP contribution in [0.15, 0.2) is 48.5 Å². The molecule has 8 heteroatoms. The number of amides is 1. The van der Waals surface area contributed by atoms with Crippen LogP contribution in [0.2, 0.25) is 10.2 Å². The number of carboxylic acids is 1. The Hall–Kier alpha value is -2.83. The average Bonchev–Trinajstić information content (AvgIpc) is 2.69. The Balaban J connectivity index is 1.51. The van der Waals surface area contributed by atoms with Gasteiger partial charge in [0.05, 0.1) is 11.4 Å². The van der Waals surface area contributed by atoms with Crippen LogP contribution in [0.3, 0.4) is 0 Å². The molecule has 0 aliphatic heterocycles. The van der Waals surface area contributed by atoms with E-state index >= 15 is 0 Å². The molecule has 0 bridgehead atoms. The van der Waals surface area contributed by atoms with Crippen LogP contribution in [-0.4, -0.2) is 34.1 Å². The molecule has 1 aliphatic carbocycles. The zero-order chi connectivity index (χ0) is 22.1. The molecule has 6 nitrogen and oxygen atoms in total. The third-order valence-electron chi connectivity index (χ3n) is 5.43. The van der Waals surface area contributed by atoms with Crippen molar-refractivity contribution in [1.82, 2.24) is 10.3 Å². The molecule has 1 unspecified atom stereocenters. The van der Waals surface area contributed by atoms with Crippen molar-refractivity contribution in [2.75, 3.05) is 0 Å². The van der Waals surface area contributed by atoms with Crippen LogP contribution >= 0.6 is 23.2 Å². The van der Waals surface area contributed by atoms with Crippen LogP contribution in [0.1, 0.15) is 19.8 Å². The minimum absolute atomic E-state index is 0.130. The van der Waals surface area contributed by atoms with Gasteiger partial charge in [-0.15, -0.1) is 0 Å². The summed E-state index contributed by atoms with van der Waals surface area (Å²) < 4.78 is 5.80. The number of pyridine rings is 1. The van der Waals surface area contributed by atoms with Gasteiger partial charge in [-0.1, -0.05) is 41.4 Å². The number of nitrogens with one attached hydrogen (secondary N) is 1. The molecular weight excluding hydrogens is 439 g/mol. The van der Waals surface area contributed by atoms with Crippen LogP contribution in [0.5, 0.6) is 5.75 Å². The van der Waals surface area contributed by atoms with Crippen LogP contribution in [0.4, 0.5) is 0 Å². The third kappa shape index (κ3) is 4.60. The highest BCUT2D eigenvalue weighted by Gasteiger charge is 2.36. The second kappa shape index (κ2) is 8.73. The van der Waals surface area contributed by atoms with E-state index < -0.39 is 12.1 Å². The van der Waals surface area contributed by atoms with E-state index in [0.29, 0.717) is 34.3 Å². The van der Waals surface area contributed by atoms with Gasteiger partial charge in [-0.2, -0.15) is 0 Å². The number of halogens is 2. The molecule has 1 amide bonds. The number of nitrogens with zero attached hydrogens (tertiary/aromatic N) is 1. The first-order valence-electron chi connectivity index (χ1n) is 9.87. The van der Waals surface area contributed by atoms with Crippen molar-refractivity contribution in [3.8, 4) is 16.9 Å². The van der Waals surface area contributed by atoms with Gasteiger partial charge in [-0.25, -0.2) is 4.98 Å². The van der Waals surface area contributed by atoms with Gasteiger partial charge >= 0.3 is 5.97 Å². The average molecular weight is 459 g/mol. The van der Waals surface area contributed by atoms with E-state index in [1.165, 1.54) is 0 Å². The third-order valence-corrected chi connectivity index (χ3v) is 5.95. The summed E-state index contributed by atoms with van der Waals surface area (Å²) in [6.45, 7) is 1.65. The Morgan fingerprint density at radius 3 is 2.58 bits per heavy atom. The number of hydrogen-bond donors (Lipinski definition) is 2. The summed E-state index contributed by atoms with van der Waals surface area (Å²) in [5.74, 6) is -1.02. The van der Waals surface area contributed by atoms with E-state index in [2.05, 4.69) is 10.3 Å². The Bertz CT molecular complexity index is 1160. The van der Waals surface area contributed by atoms with Crippen molar-refractivity contribution in [3.63, 3.8) is 0 Å². The molecule has 2 aromatic carbocycles. The second-order valence-corrected chi connectivity index (χ2v) is 8.42. The zero-order valence-electron chi connectivity index (χ0n) is 16.6. The number of rotatable bonds is 6. The predicted molar refractivity (Wildman–Crippen MR) is 120 cm³/mol. The fourth-order valence-electron chi connectivity index (χ4n) is 3.67. The van der Waals surface area contributed by atoms with Gasteiger partial charge in [0.15, 0.2) is 6.10 Å². The maximum absolute atomic E-state index is 12.4. The van der Waals surface area contributed by atoms with Crippen molar-refractivity contribution in [1.29, 1.82) is 0 Å². The van der Waals surface area contributed by atoms with Crippen molar-refractivity contribution >= 4 is 46.0 Å². The normalized spacial score (nSPS) is 18.8. The zero-order valence-corrected chi connectivity index (χ0v) is 18.2. The molecule has 1 aliphatic rings. The van der Waals surface area contributed by atoms with Crippen molar-refractivity contribution in [3.05, 3.63) is 58.7 Å². The number of aromatic nitrogens is 1. The molecule has 3 aromatic rings.